The highest BCUT2D eigenvalue weighted by atomic mass is 16.3. The van der Waals surface area contributed by atoms with Crippen molar-refractivity contribution in [3.8, 4) is 0 Å². The minimum atomic E-state index is -1.29. The molecule has 0 bridgehead atoms. The molecule has 0 fully saturated rings. The number of carbonyl (C=O) groups excluding carboxylic acids is 1. The molecular formula is C35H65NO5. The van der Waals surface area contributed by atoms with Crippen LogP contribution in [0.25, 0.3) is 0 Å². The fourth-order valence-electron chi connectivity index (χ4n) is 4.79. The van der Waals surface area contributed by atoms with Crippen molar-refractivity contribution in [2.75, 3.05) is 6.61 Å². The van der Waals surface area contributed by atoms with Crippen LogP contribution in [0.15, 0.2) is 36.5 Å². The van der Waals surface area contributed by atoms with Gasteiger partial charge in [-0.1, -0.05) is 121 Å². The van der Waals surface area contributed by atoms with Crippen molar-refractivity contribution in [2.45, 2.75) is 173 Å². The Morgan fingerprint density at radius 1 is 0.585 bits per heavy atom. The van der Waals surface area contributed by atoms with E-state index < -0.39 is 36.9 Å². The Bertz CT molecular complexity index is 663. The molecule has 0 saturated carbocycles. The minimum absolute atomic E-state index is 0.358. The van der Waals surface area contributed by atoms with E-state index in [1.807, 2.05) is 0 Å². The first-order valence-electron chi connectivity index (χ1n) is 16.9. The summed E-state index contributed by atoms with van der Waals surface area (Å²) in [5.41, 5.74) is 0. The van der Waals surface area contributed by atoms with Crippen LogP contribution in [0.1, 0.15) is 149 Å². The van der Waals surface area contributed by atoms with E-state index in [0.717, 1.165) is 51.4 Å². The third kappa shape index (κ3) is 24.8. The Morgan fingerprint density at radius 3 is 1.54 bits per heavy atom. The molecule has 0 aromatic rings. The third-order valence-electron chi connectivity index (χ3n) is 7.56. The minimum Gasteiger partial charge on any atom is -0.394 e. The highest BCUT2D eigenvalue weighted by Crippen LogP contribution is 2.13. The van der Waals surface area contributed by atoms with E-state index >= 15 is 0 Å². The molecule has 0 radical (unpaired) electrons. The summed E-state index contributed by atoms with van der Waals surface area (Å²) in [6.07, 6.45) is 31.7. The van der Waals surface area contributed by atoms with Crippen molar-refractivity contribution in [3.05, 3.63) is 36.5 Å². The van der Waals surface area contributed by atoms with Crippen molar-refractivity contribution in [3.63, 3.8) is 0 Å². The van der Waals surface area contributed by atoms with Crippen molar-refractivity contribution in [1.82, 2.24) is 5.32 Å². The Hall–Kier alpha value is -1.47. The number of unbranched alkanes of at least 4 members (excludes halogenated alkanes) is 14. The fourth-order valence-corrected chi connectivity index (χ4v) is 4.79. The molecule has 0 spiro atoms. The van der Waals surface area contributed by atoms with E-state index in [0.29, 0.717) is 19.3 Å². The smallest absolute Gasteiger partial charge is 0.249 e. The Balaban J connectivity index is 3.97. The van der Waals surface area contributed by atoms with Gasteiger partial charge in [0, 0.05) is 0 Å². The number of allylic oxidation sites excluding steroid dienone is 6. The van der Waals surface area contributed by atoms with E-state index in [2.05, 4.69) is 55.6 Å². The van der Waals surface area contributed by atoms with Crippen LogP contribution in [0.5, 0.6) is 0 Å². The first-order valence-corrected chi connectivity index (χ1v) is 16.9. The number of aliphatic hydroxyl groups excluding tert-OH is 4. The van der Waals surface area contributed by atoms with Gasteiger partial charge in [-0.3, -0.25) is 4.79 Å². The van der Waals surface area contributed by atoms with Crippen LogP contribution < -0.4 is 5.32 Å². The Kier molecular flexibility index (Phi) is 28.9. The maximum atomic E-state index is 12.3. The monoisotopic (exact) mass is 579 g/mol. The molecule has 6 nitrogen and oxygen atoms in total. The predicted octanol–water partition coefficient (Wildman–Crippen LogP) is 7.45. The van der Waals surface area contributed by atoms with Crippen molar-refractivity contribution < 1.29 is 25.2 Å². The molecule has 0 aliphatic heterocycles. The first-order chi connectivity index (χ1) is 20.0. The zero-order valence-electron chi connectivity index (χ0n) is 26.5. The number of hydrogen-bond acceptors (Lipinski definition) is 5. The van der Waals surface area contributed by atoms with Crippen LogP contribution in [0, 0.1) is 0 Å². The van der Waals surface area contributed by atoms with E-state index in [-0.39, 0.29) is 0 Å². The van der Waals surface area contributed by atoms with Gasteiger partial charge in [0.25, 0.3) is 0 Å². The van der Waals surface area contributed by atoms with Gasteiger partial charge in [-0.2, -0.15) is 0 Å². The molecule has 0 aromatic carbocycles. The number of rotatable bonds is 29. The van der Waals surface area contributed by atoms with Gasteiger partial charge in [0.1, 0.15) is 12.2 Å². The summed E-state index contributed by atoms with van der Waals surface area (Å²) in [7, 11) is 0. The lowest BCUT2D eigenvalue weighted by Crippen LogP contribution is -2.53. The van der Waals surface area contributed by atoms with E-state index in [1.54, 1.807) is 0 Å². The zero-order valence-corrected chi connectivity index (χ0v) is 26.5. The van der Waals surface area contributed by atoms with E-state index in [1.165, 1.54) is 64.2 Å². The van der Waals surface area contributed by atoms with Crippen LogP contribution in [-0.4, -0.2) is 57.3 Å². The van der Waals surface area contributed by atoms with Gasteiger partial charge in [-0.15, -0.1) is 0 Å². The summed E-state index contributed by atoms with van der Waals surface area (Å²) in [4.78, 5) is 12.3. The molecule has 41 heavy (non-hydrogen) atoms. The molecular weight excluding hydrogens is 514 g/mol. The Morgan fingerprint density at radius 2 is 1.02 bits per heavy atom. The van der Waals surface area contributed by atoms with Gasteiger partial charge in [0.2, 0.25) is 5.91 Å². The van der Waals surface area contributed by atoms with Gasteiger partial charge in [-0.05, 0) is 64.2 Å². The van der Waals surface area contributed by atoms with E-state index in [9.17, 15) is 25.2 Å². The van der Waals surface area contributed by atoms with Crippen LogP contribution in [-0.2, 0) is 4.79 Å². The number of carbonyl (C=O) groups is 1. The van der Waals surface area contributed by atoms with Gasteiger partial charge in [-0.25, -0.2) is 0 Å². The van der Waals surface area contributed by atoms with E-state index in [4.69, 9.17) is 0 Å². The lowest BCUT2D eigenvalue weighted by molar-refractivity contribution is -0.132. The molecule has 240 valence electrons. The first kappa shape index (κ1) is 39.5. The van der Waals surface area contributed by atoms with Gasteiger partial charge < -0.3 is 25.7 Å². The summed E-state index contributed by atoms with van der Waals surface area (Å²) in [5, 5.41) is 43.2. The van der Waals surface area contributed by atoms with Gasteiger partial charge in [0.05, 0.1) is 18.8 Å². The summed E-state index contributed by atoms with van der Waals surface area (Å²) >= 11 is 0. The maximum Gasteiger partial charge on any atom is 0.249 e. The largest absolute Gasteiger partial charge is 0.394 e. The molecule has 0 saturated heterocycles. The van der Waals surface area contributed by atoms with Crippen LogP contribution in [0.4, 0.5) is 0 Å². The second-order valence-corrected chi connectivity index (χ2v) is 11.5. The van der Waals surface area contributed by atoms with Crippen LogP contribution in [0.2, 0.25) is 0 Å². The summed E-state index contributed by atoms with van der Waals surface area (Å²) in [6, 6.07) is -1.01. The average Bonchev–Trinajstić information content (AvgIpc) is 2.98. The topological polar surface area (TPSA) is 110 Å². The highest BCUT2D eigenvalue weighted by molar-refractivity contribution is 5.80. The Labute approximate surface area is 252 Å². The molecule has 4 unspecified atom stereocenters. The molecule has 0 aromatic heterocycles. The normalized spacial score (nSPS) is 15.2. The molecule has 0 rings (SSSR count). The SMILES string of the molecule is CCCCC/C=C/CC/C=C/CC/C=C/CCCC(O)C(O)C(CO)NC(=O)C(O)CCCCCCCCCCC. The average molecular weight is 580 g/mol. The van der Waals surface area contributed by atoms with Gasteiger partial charge in [0.15, 0.2) is 0 Å². The third-order valence-corrected chi connectivity index (χ3v) is 7.56. The fraction of sp³-hybridized carbons (Fsp3) is 0.800. The van der Waals surface area contributed by atoms with Crippen molar-refractivity contribution in [1.29, 1.82) is 0 Å². The molecule has 0 aliphatic rings. The van der Waals surface area contributed by atoms with Crippen LogP contribution >= 0.6 is 0 Å². The molecule has 0 heterocycles. The quantitative estimate of drug-likeness (QED) is 0.0467. The number of amides is 1. The maximum absolute atomic E-state index is 12.3. The van der Waals surface area contributed by atoms with Crippen molar-refractivity contribution in [2.24, 2.45) is 0 Å². The number of nitrogens with one attached hydrogen (secondary N) is 1. The molecule has 5 N–H and O–H groups in total. The molecule has 4 atom stereocenters. The van der Waals surface area contributed by atoms with Crippen LogP contribution in [0.3, 0.4) is 0 Å². The summed E-state index contributed by atoms with van der Waals surface area (Å²) < 4.78 is 0. The predicted molar refractivity (Wildman–Crippen MR) is 173 cm³/mol. The lowest BCUT2D eigenvalue weighted by atomic mass is 10.00. The standard InChI is InChI=1S/C35H65NO5/c1-3-5-7-9-11-13-14-15-16-17-18-19-21-22-24-26-28-32(38)34(40)31(30-37)36-35(41)33(39)29-27-25-23-20-12-10-8-6-4-2/h11,13,16-17,21-22,31-34,37-40H,3-10,12,14-15,18-20,23-30H2,1-2H3,(H,36,41)/b13-11+,17-16+,22-21+. The zero-order chi connectivity index (χ0) is 30.4. The van der Waals surface area contributed by atoms with Gasteiger partial charge >= 0.3 is 0 Å². The number of aliphatic hydroxyl groups is 4. The molecule has 0 aliphatic carbocycles. The summed E-state index contributed by atoms with van der Waals surface area (Å²) in [6.45, 7) is 3.94. The number of hydrogen-bond donors (Lipinski definition) is 5. The van der Waals surface area contributed by atoms with Crippen molar-refractivity contribution >= 4 is 5.91 Å². The second-order valence-electron chi connectivity index (χ2n) is 11.5. The molecule has 1 amide bonds. The summed E-state index contributed by atoms with van der Waals surface area (Å²) in [5.74, 6) is -0.606. The molecule has 6 heteroatoms. The highest BCUT2D eigenvalue weighted by Gasteiger charge is 2.28. The second kappa shape index (κ2) is 30.0. The lowest BCUT2D eigenvalue weighted by Gasteiger charge is -2.27.